The van der Waals surface area contributed by atoms with E-state index in [1.807, 2.05) is 4.90 Å². The molecule has 1 aromatic heterocycles. The number of carbonyl (C=O) groups excluding carboxylic acids is 2. The van der Waals surface area contributed by atoms with E-state index in [-0.39, 0.29) is 24.0 Å². The van der Waals surface area contributed by atoms with Crippen LogP contribution in [-0.2, 0) is 9.53 Å². The predicted octanol–water partition coefficient (Wildman–Crippen LogP) is 0.543. The first-order valence-electron chi connectivity index (χ1n) is 7.25. The van der Waals surface area contributed by atoms with Crippen LogP contribution < -0.4 is 0 Å². The van der Waals surface area contributed by atoms with Crippen molar-refractivity contribution in [3.05, 3.63) is 30.1 Å². The third-order valence-electron chi connectivity index (χ3n) is 4.20. The van der Waals surface area contributed by atoms with Crippen molar-refractivity contribution in [2.45, 2.75) is 25.5 Å². The fourth-order valence-corrected chi connectivity index (χ4v) is 3.12. The highest BCUT2D eigenvalue weighted by Crippen LogP contribution is 2.24. The second-order valence-corrected chi connectivity index (χ2v) is 5.46. The number of hydrogen-bond donors (Lipinski definition) is 0. The van der Waals surface area contributed by atoms with E-state index >= 15 is 0 Å². The zero-order chi connectivity index (χ0) is 14.8. The first-order chi connectivity index (χ1) is 10.2. The van der Waals surface area contributed by atoms with E-state index in [4.69, 9.17) is 4.74 Å². The van der Waals surface area contributed by atoms with E-state index in [2.05, 4.69) is 4.98 Å². The van der Waals surface area contributed by atoms with Gasteiger partial charge in [-0.2, -0.15) is 0 Å². The normalized spacial score (nSPS) is 25.4. The zero-order valence-electron chi connectivity index (χ0n) is 12.1. The number of morpholine rings is 1. The number of aromatic nitrogens is 1. The highest BCUT2D eigenvalue weighted by molar-refractivity contribution is 5.94. The van der Waals surface area contributed by atoms with Crippen molar-refractivity contribution in [2.75, 3.05) is 26.2 Å². The maximum Gasteiger partial charge on any atom is 0.254 e. The minimum Gasteiger partial charge on any atom is -0.374 e. The Kier molecular flexibility index (Phi) is 3.88. The Morgan fingerprint density at radius 2 is 2.05 bits per heavy atom. The van der Waals surface area contributed by atoms with Crippen molar-refractivity contribution in [1.29, 1.82) is 0 Å². The summed E-state index contributed by atoms with van der Waals surface area (Å²) in [5.74, 6) is 0.0384. The molecule has 112 valence electrons. The van der Waals surface area contributed by atoms with Crippen LogP contribution in [0.25, 0.3) is 0 Å². The van der Waals surface area contributed by atoms with Crippen molar-refractivity contribution in [3.8, 4) is 0 Å². The molecule has 6 heteroatoms. The van der Waals surface area contributed by atoms with Crippen LogP contribution in [0.2, 0.25) is 0 Å². The van der Waals surface area contributed by atoms with Crippen LogP contribution in [0.1, 0.15) is 23.7 Å². The van der Waals surface area contributed by atoms with Crippen molar-refractivity contribution in [1.82, 2.24) is 14.8 Å². The summed E-state index contributed by atoms with van der Waals surface area (Å²) >= 11 is 0. The van der Waals surface area contributed by atoms with Gasteiger partial charge in [0.15, 0.2) is 0 Å². The Morgan fingerprint density at radius 1 is 1.29 bits per heavy atom. The molecule has 0 aromatic carbocycles. The summed E-state index contributed by atoms with van der Waals surface area (Å²) in [5.41, 5.74) is 0.634. The molecule has 2 saturated heterocycles. The van der Waals surface area contributed by atoms with Crippen molar-refractivity contribution >= 4 is 11.8 Å². The summed E-state index contributed by atoms with van der Waals surface area (Å²) in [6.07, 6.45) is 4.05. The number of carbonyl (C=O) groups is 2. The van der Waals surface area contributed by atoms with E-state index in [1.165, 1.54) is 0 Å². The van der Waals surface area contributed by atoms with Gasteiger partial charge in [-0.3, -0.25) is 14.6 Å². The van der Waals surface area contributed by atoms with Crippen LogP contribution in [0.3, 0.4) is 0 Å². The molecule has 0 spiro atoms. The Hall–Kier alpha value is -1.95. The van der Waals surface area contributed by atoms with E-state index in [9.17, 15) is 9.59 Å². The van der Waals surface area contributed by atoms with Gasteiger partial charge in [-0.25, -0.2) is 0 Å². The van der Waals surface area contributed by atoms with Gasteiger partial charge in [0.2, 0.25) is 5.91 Å². The van der Waals surface area contributed by atoms with Crippen LogP contribution in [0.4, 0.5) is 0 Å². The highest BCUT2D eigenvalue weighted by Gasteiger charge is 2.39. The average Bonchev–Trinajstić information content (AvgIpc) is 2.53. The Balaban J connectivity index is 1.75. The lowest BCUT2D eigenvalue weighted by molar-refractivity contribution is -0.149. The number of rotatable bonds is 1. The molecule has 2 fully saturated rings. The Bertz CT molecular complexity index is 534. The molecule has 1 aromatic rings. The van der Waals surface area contributed by atoms with E-state index in [1.54, 1.807) is 36.4 Å². The third-order valence-corrected chi connectivity index (χ3v) is 4.20. The number of nitrogens with zero attached hydrogens (tertiary/aromatic N) is 3. The molecule has 0 saturated carbocycles. The quantitative estimate of drug-likeness (QED) is 0.757. The summed E-state index contributed by atoms with van der Waals surface area (Å²) in [7, 11) is 0. The van der Waals surface area contributed by atoms with Crippen LogP contribution in [-0.4, -0.2) is 65.0 Å². The first-order valence-corrected chi connectivity index (χ1v) is 7.25. The van der Waals surface area contributed by atoms with Gasteiger partial charge >= 0.3 is 0 Å². The monoisotopic (exact) mass is 289 g/mol. The molecule has 3 rings (SSSR count). The van der Waals surface area contributed by atoms with Crippen LogP contribution in [0.15, 0.2) is 24.5 Å². The predicted molar refractivity (Wildman–Crippen MR) is 75.7 cm³/mol. The molecule has 0 radical (unpaired) electrons. The molecular weight excluding hydrogens is 270 g/mol. The van der Waals surface area contributed by atoms with E-state index in [0.717, 1.165) is 6.42 Å². The highest BCUT2D eigenvalue weighted by atomic mass is 16.5. The summed E-state index contributed by atoms with van der Waals surface area (Å²) in [5, 5.41) is 0. The van der Waals surface area contributed by atoms with Gasteiger partial charge in [-0.15, -0.1) is 0 Å². The summed E-state index contributed by atoms with van der Waals surface area (Å²) in [4.78, 5) is 31.8. The van der Waals surface area contributed by atoms with Gasteiger partial charge in [0.05, 0.1) is 18.8 Å². The van der Waals surface area contributed by atoms with E-state index < -0.39 is 0 Å². The fourth-order valence-electron chi connectivity index (χ4n) is 3.12. The number of hydrogen-bond acceptors (Lipinski definition) is 4. The number of ether oxygens (including phenoxy) is 1. The SMILES string of the molecule is CC(=O)N1CCO[C@@H]2CCN(C(=O)c3ccncc3)C[C@H]21. The fraction of sp³-hybridized carbons (Fsp3) is 0.533. The standard InChI is InChI=1S/C15H19N3O3/c1-11(19)18-8-9-21-14-4-7-17(10-13(14)18)15(20)12-2-5-16-6-3-12/h2-3,5-6,13-14H,4,7-10H2,1H3/t13-,14-/m1/s1. The lowest BCUT2D eigenvalue weighted by Gasteiger charge is -2.46. The second kappa shape index (κ2) is 5.81. The van der Waals surface area contributed by atoms with Crippen molar-refractivity contribution in [2.24, 2.45) is 0 Å². The first kappa shape index (κ1) is 14.0. The molecule has 3 heterocycles. The van der Waals surface area contributed by atoms with Gasteiger partial charge in [-0.05, 0) is 18.6 Å². The van der Waals surface area contributed by atoms with E-state index in [0.29, 0.717) is 31.8 Å². The molecule has 0 N–H and O–H groups in total. The largest absolute Gasteiger partial charge is 0.374 e. The molecule has 6 nitrogen and oxygen atoms in total. The van der Waals surface area contributed by atoms with Gasteiger partial charge in [-0.1, -0.05) is 0 Å². The smallest absolute Gasteiger partial charge is 0.254 e. The minimum absolute atomic E-state index is 0.00933. The number of fused-ring (bicyclic) bond motifs is 1. The zero-order valence-corrected chi connectivity index (χ0v) is 12.1. The Labute approximate surface area is 123 Å². The molecule has 2 atom stereocenters. The summed E-state index contributed by atoms with van der Waals surface area (Å²) in [6, 6.07) is 3.40. The molecule has 21 heavy (non-hydrogen) atoms. The third kappa shape index (κ3) is 2.76. The lowest BCUT2D eigenvalue weighted by atomic mass is 9.98. The minimum atomic E-state index is -0.0317. The topological polar surface area (TPSA) is 62.7 Å². The van der Waals surface area contributed by atoms with Gasteiger partial charge in [0.1, 0.15) is 0 Å². The van der Waals surface area contributed by atoms with Crippen LogP contribution in [0.5, 0.6) is 0 Å². The Morgan fingerprint density at radius 3 is 2.76 bits per heavy atom. The molecular formula is C15H19N3O3. The molecule has 2 amide bonds. The lowest BCUT2D eigenvalue weighted by Crippen LogP contribution is -2.61. The van der Waals surface area contributed by atoms with Crippen molar-refractivity contribution < 1.29 is 14.3 Å². The molecule has 2 aliphatic heterocycles. The molecule has 0 aliphatic carbocycles. The number of amides is 2. The summed E-state index contributed by atoms with van der Waals surface area (Å²) < 4.78 is 5.75. The van der Waals surface area contributed by atoms with Gasteiger partial charge in [0.25, 0.3) is 5.91 Å². The van der Waals surface area contributed by atoms with Crippen molar-refractivity contribution in [3.63, 3.8) is 0 Å². The molecule has 0 bridgehead atoms. The van der Waals surface area contributed by atoms with Crippen LogP contribution in [0, 0.1) is 0 Å². The molecule has 0 unspecified atom stereocenters. The number of piperidine rings is 1. The molecule has 2 aliphatic rings. The van der Waals surface area contributed by atoms with Gasteiger partial charge < -0.3 is 14.5 Å². The van der Waals surface area contributed by atoms with Crippen LogP contribution >= 0.6 is 0 Å². The summed E-state index contributed by atoms with van der Waals surface area (Å²) in [6.45, 7) is 3.96. The number of likely N-dealkylation sites (tertiary alicyclic amines) is 1. The maximum absolute atomic E-state index is 12.5. The second-order valence-electron chi connectivity index (χ2n) is 5.46. The average molecular weight is 289 g/mol. The maximum atomic E-state index is 12.5. The van der Waals surface area contributed by atoms with Gasteiger partial charge in [0, 0.05) is 44.5 Å². The number of pyridine rings is 1.